The number of thiophene rings is 1. The van der Waals surface area contributed by atoms with Crippen molar-refractivity contribution in [2.24, 2.45) is 0 Å². The van der Waals surface area contributed by atoms with Gasteiger partial charge in [0.2, 0.25) is 10.0 Å². The van der Waals surface area contributed by atoms with Crippen LogP contribution in [0.3, 0.4) is 0 Å². The zero-order valence-electron chi connectivity index (χ0n) is 13.8. The first-order valence-corrected chi connectivity index (χ1v) is 11.0. The van der Waals surface area contributed by atoms with E-state index in [2.05, 4.69) is 15.5 Å². The first kappa shape index (κ1) is 16.7. The Morgan fingerprint density at radius 1 is 1.36 bits per heavy atom. The summed E-state index contributed by atoms with van der Waals surface area (Å²) in [7, 11) is -3.18. The number of fused-ring (bicyclic) bond motifs is 2. The highest BCUT2D eigenvalue weighted by Gasteiger charge is 2.45. The summed E-state index contributed by atoms with van der Waals surface area (Å²) in [5.41, 5.74) is 1.19. The summed E-state index contributed by atoms with van der Waals surface area (Å²) in [5.74, 6) is -0.212. The SMILES string of the molecule is CS(=O)(=O)N1C2CCC1CC(NC(=O)c1cc(-c3cccs3)[nH]n1)C2. The minimum atomic E-state index is -3.18. The van der Waals surface area contributed by atoms with Crippen LogP contribution in [0.4, 0.5) is 0 Å². The summed E-state index contributed by atoms with van der Waals surface area (Å²) >= 11 is 1.58. The van der Waals surface area contributed by atoms with Gasteiger partial charge in [-0.2, -0.15) is 9.40 Å². The van der Waals surface area contributed by atoms with Crippen molar-refractivity contribution in [3.63, 3.8) is 0 Å². The first-order valence-electron chi connectivity index (χ1n) is 8.30. The Hall–Kier alpha value is -1.71. The lowest BCUT2D eigenvalue weighted by Gasteiger charge is -2.37. The van der Waals surface area contributed by atoms with Gasteiger partial charge in [-0.15, -0.1) is 11.3 Å². The molecule has 2 aliphatic rings. The largest absolute Gasteiger partial charge is 0.348 e. The van der Waals surface area contributed by atoms with E-state index < -0.39 is 10.0 Å². The Morgan fingerprint density at radius 3 is 2.68 bits per heavy atom. The number of rotatable bonds is 4. The van der Waals surface area contributed by atoms with Gasteiger partial charge in [0.1, 0.15) is 0 Å². The molecular formula is C16H20N4O3S2. The zero-order chi connectivity index (χ0) is 17.6. The van der Waals surface area contributed by atoms with Crippen LogP contribution in [-0.4, -0.2) is 53.2 Å². The van der Waals surface area contributed by atoms with Gasteiger partial charge in [-0.1, -0.05) is 6.07 Å². The first-order chi connectivity index (χ1) is 11.9. The monoisotopic (exact) mass is 380 g/mol. The van der Waals surface area contributed by atoms with E-state index in [1.54, 1.807) is 21.7 Å². The summed E-state index contributed by atoms with van der Waals surface area (Å²) in [6.07, 6.45) is 4.34. The van der Waals surface area contributed by atoms with Gasteiger partial charge in [0.25, 0.3) is 5.91 Å². The van der Waals surface area contributed by atoms with Crippen LogP contribution in [0.2, 0.25) is 0 Å². The van der Waals surface area contributed by atoms with Crippen molar-refractivity contribution in [1.29, 1.82) is 0 Å². The lowest BCUT2D eigenvalue weighted by atomic mass is 9.99. The molecule has 2 saturated heterocycles. The summed E-state index contributed by atoms with van der Waals surface area (Å²) in [6, 6.07) is 5.66. The van der Waals surface area contributed by atoms with Crippen LogP contribution in [0, 0.1) is 0 Å². The predicted octanol–water partition coefficient (Wildman–Crippen LogP) is 1.82. The average molecular weight is 380 g/mol. The fraction of sp³-hybridized carbons (Fsp3) is 0.500. The van der Waals surface area contributed by atoms with Gasteiger partial charge in [0, 0.05) is 18.1 Å². The molecule has 0 aliphatic carbocycles. The molecule has 9 heteroatoms. The molecule has 2 bridgehead atoms. The molecule has 2 atom stereocenters. The highest BCUT2D eigenvalue weighted by molar-refractivity contribution is 7.88. The number of aromatic nitrogens is 2. The van der Waals surface area contributed by atoms with Gasteiger partial charge in [-0.3, -0.25) is 9.89 Å². The number of amides is 1. The molecule has 1 amide bonds. The van der Waals surface area contributed by atoms with Gasteiger partial charge in [0.05, 0.1) is 16.8 Å². The van der Waals surface area contributed by atoms with Crippen molar-refractivity contribution in [2.45, 2.75) is 43.8 Å². The average Bonchev–Trinajstić information content (AvgIpc) is 3.25. The Balaban J connectivity index is 1.43. The molecule has 25 heavy (non-hydrogen) atoms. The summed E-state index contributed by atoms with van der Waals surface area (Å²) < 4.78 is 25.5. The van der Waals surface area contributed by atoms with Crippen LogP contribution in [0.15, 0.2) is 23.6 Å². The number of hydrogen-bond donors (Lipinski definition) is 2. The van der Waals surface area contributed by atoms with E-state index in [0.29, 0.717) is 18.5 Å². The zero-order valence-corrected chi connectivity index (χ0v) is 15.4. The maximum Gasteiger partial charge on any atom is 0.272 e. The summed E-state index contributed by atoms with van der Waals surface area (Å²) in [4.78, 5) is 13.5. The lowest BCUT2D eigenvalue weighted by molar-refractivity contribution is 0.0904. The van der Waals surface area contributed by atoms with E-state index in [9.17, 15) is 13.2 Å². The minimum absolute atomic E-state index is 0.0000799. The van der Waals surface area contributed by atoms with Crippen molar-refractivity contribution in [3.8, 4) is 10.6 Å². The maximum absolute atomic E-state index is 12.5. The van der Waals surface area contributed by atoms with E-state index in [-0.39, 0.29) is 24.0 Å². The van der Waals surface area contributed by atoms with Gasteiger partial charge in [-0.05, 0) is 43.2 Å². The predicted molar refractivity (Wildman–Crippen MR) is 95.9 cm³/mol. The number of hydrogen-bond acceptors (Lipinski definition) is 5. The number of H-pyrrole nitrogens is 1. The number of aromatic amines is 1. The standard InChI is InChI=1S/C16H20N4O3S2/c1-25(22,23)20-11-4-5-12(20)8-10(7-11)17-16(21)14-9-13(18-19-14)15-3-2-6-24-15/h2-3,6,9-12H,4-5,7-8H2,1H3,(H,17,21)(H,18,19). The summed E-state index contributed by atoms with van der Waals surface area (Å²) in [6.45, 7) is 0. The topological polar surface area (TPSA) is 95.2 Å². The van der Waals surface area contributed by atoms with Crippen molar-refractivity contribution in [2.75, 3.05) is 6.26 Å². The molecule has 2 aromatic heterocycles. The van der Waals surface area contributed by atoms with E-state index in [1.165, 1.54) is 6.26 Å². The third-order valence-electron chi connectivity index (χ3n) is 4.98. The number of carbonyl (C=O) groups excluding carboxylic acids is 1. The number of nitrogens with zero attached hydrogens (tertiary/aromatic N) is 2. The molecule has 0 saturated carbocycles. The molecule has 0 radical (unpaired) electrons. The van der Waals surface area contributed by atoms with Gasteiger partial charge < -0.3 is 5.32 Å². The molecule has 2 unspecified atom stereocenters. The van der Waals surface area contributed by atoms with Crippen LogP contribution in [0.25, 0.3) is 10.6 Å². The second kappa shape index (κ2) is 6.22. The van der Waals surface area contributed by atoms with Crippen molar-refractivity contribution in [3.05, 3.63) is 29.3 Å². The van der Waals surface area contributed by atoms with Crippen LogP contribution < -0.4 is 5.32 Å². The van der Waals surface area contributed by atoms with Crippen molar-refractivity contribution < 1.29 is 13.2 Å². The molecule has 2 aromatic rings. The molecule has 0 aromatic carbocycles. The molecule has 4 rings (SSSR count). The van der Waals surface area contributed by atoms with Gasteiger partial charge >= 0.3 is 0 Å². The molecule has 2 fully saturated rings. The molecule has 4 heterocycles. The van der Waals surface area contributed by atoms with E-state index >= 15 is 0 Å². The molecular weight excluding hydrogens is 360 g/mol. The van der Waals surface area contributed by atoms with Gasteiger partial charge in [0.15, 0.2) is 5.69 Å². The maximum atomic E-state index is 12.5. The molecule has 2 aliphatic heterocycles. The second-order valence-electron chi connectivity index (χ2n) is 6.76. The molecule has 0 spiro atoms. The molecule has 7 nitrogen and oxygen atoms in total. The quantitative estimate of drug-likeness (QED) is 0.846. The Labute approximate surface area is 150 Å². The van der Waals surface area contributed by atoms with E-state index in [0.717, 1.165) is 23.4 Å². The smallest absolute Gasteiger partial charge is 0.272 e. The third kappa shape index (κ3) is 3.23. The Morgan fingerprint density at radius 2 is 2.08 bits per heavy atom. The van der Waals surface area contributed by atoms with Crippen LogP contribution in [-0.2, 0) is 10.0 Å². The second-order valence-corrected chi connectivity index (χ2v) is 9.60. The van der Waals surface area contributed by atoms with Crippen LogP contribution in [0.1, 0.15) is 36.2 Å². The van der Waals surface area contributed by atoms with Crippen molar-refractivity contribution in [1.82, 2.24) is 19.8 Å². The van der Waals surface area contributed by atoms with Gasteiger partial charge in [-0.25, -0.2) is 8.42 Å². The van der Waals surface area contributed by atoms with E-state index in [1.807, 2.05) is 17.5 Å². The molecule has 2 N–H and O–H groups in total. The Kier molecular flexibility index (Phi) is 4.17. The Bertz CT molecular complexity index is 861. The number of piperidine rings is 1. The third-order valence-corrected chi connectivity index (χ3v) is 7.25. The van der Waals surface area contributed by atoms with Crippen molar-refractivity contribution >= 4 is 27.3 Å². The number of carbonyl (C=O) groups is 1. The summed E-state index contributed by atoms with van der Waals surface area (Å²) in [5, 5.41) is 12.0. The van der Waals surface area contributed by atoms with E-state index in [4.69, 9.17) is 0 Å². The minimum Gasteiger partial charge on any atom is -0.348 e. The highest BCUT2D eigenvalue weighted by Crippen LogP contribution is 2.37. The number of nitrogens with one attached hydrogen (secondary N) is 2. The fourth-order valence-electron chi connectivity index (χ4n) is 4.05. The number of sulfonamides is 1. The van der Waals surface area contributed by atoms with Crippen LogP contribution in [0.5, 0.6) is 0 Å². The highest BCUT2D eigenvalue weighted by atomic mass is 32.2. The fourth-order valence-corrected chi connectivity index (χ4v) is 6.21. The lowest BCUT2D eigenvalue weighted by Crippen LogP contribution is -2.52. The van der Waals surface area contributed by atoms with Crippen LogP contribution >= 0.6 is 11.3 Å². The molecule has 134 valence electrons. The normalized spacial score (nSPS) is 26.7.